The summed E-state index contributed by atoms with van der Waals surface area (Å²) in [6.45, 7) is 7.83. The fourth-order valence-electron chi connectivity index (χ4n) is 1.59. The zero-order valence-corrected chi connectivity index (χ0v) is 14.3. The van der Waals surface area contributed by atoms with Crippen LogP contribution in [0.2, 0.25) is 0 Å². The number of carbonyl (C=O) groups is 3. The van der Waals surface area contributed by atoms with Gasteiger partial charge in [0.2, 0.25) is 5.91 Å². The molecule has 0 heterocycles. The number of halogens is 6. The van der Waals surface area contributed by atoms with Crippen LogP contribution in [0.25, 0.3) is 0 Å². The molecule has 146 valence electrons. The molecule has 0 bridgehead atoms. The molecule has 0 aliphatic rings. The number of nitrogens with one attached hydrogen (secondary N) is 1. The van der Waals surface area contributed by atoms with Crippen molar-refractivity contribution in [2.45, 2.75) is 40.0 Å². The fourth-order valence-corrected chi connectivity index (χ4v) is 1.59. The molecule has 0 fully saturated rings. The van der Waals surface area contributed by atoms with Crippen LogP contribution < -0.4 is 5.32 Å². The van der Waals surface area contributed by atoms with Crippen molar-refractivity contribution in [2.75, 3.05) is 5.32 Å². The molecule has 0 spiro atoms. The number of ketones is 2. The summed E-state index contributed by atoms with van der Waals surface area (Å²) in [5.74, 6) is -6.73. The summed E-state index contributed by atoms with van der Waals surface area (Å²) in [6, 6.07) is 6.05. The Morgan fingerprint density at radius 1 is 0.808 bits per heavy atom. The normalized spacial score (nSPS) is 11.5. The summed E-state index contributed by atoms with van der Waals surface area (Å²) in [6.07, 6.45) is -11.5. The third kappa shape index (κ3) is 8.13. The number of rotatable bonds is 3. The molecule has 0 atom stereocenters. The minimum atomic E-state index is -5.77. The molecule has 26 heavy (non-hydrogen) atoms. The van der Waals surface area contributed by atoms with Crippen molar-refractivity contribution < 1.29 is 40.7 Å². The van der Waals surface area contributed by atoms with Gasteiger partial charge in [-0.3, -0.25) is 14.4 Å². The van der Waals surface area contributed by atoms with Gasteiger partial charge in [0.25, 0.3) is 0 Å². The summed E-state index contributed by atoms with van der Waals surface area (Å²) < 4.78 is 67.0. The molecule has 0 aromatic heterocycles. The Morgan fingerprint density at radius 2 is 1.15 bits per heavy atom. The molecular weight excluding hydrogens is 368 g/mol. The summed E-state index contributed by atoms with van der Waals surface area (Å²) >= 11 is 0. The van der Waals surface area contributed by atoms with Gasteiger partial charge < -0.3 is 5.32 Å². The van der Waals surface area contributed by atoms with Crippen molar-refractivity contribution >= 4 is 23.2 Å². The van der Waals surface area contributed by atoms with E-state index in [4.69, 9.17) is 0 Å². The van der Waals surface area contributed by atoms with Crippen LogP contribution in [0, 0.1) is 19.8 Å². The second-order valence-corrected chi connectivity index (χ2v) is 5.67. The zero-order valence-electron chi connectivity index (χ0n) is 14.3. The van der Waals surface area contributed by atoms with Crippen molar-refractivity contribution in [3.63, 3.8) is 0 Å². The first-order chi connectivity index (χ1) is 11.6. The molecule has 1 aromatic rings. The van der Waals surface area contributed by atoms with Gasteiger partial charge in [-0.25, -0.2) is 0 Å². The van der Waals surface area contributed by atoms with Crippen LogP contribution in [-0.2, 0) is 14.4 Å². The Labute approximate surface area is 145 Å². The van der Waals surface area contributed by atoms with Crippen molar-refractivity contribution in [1.29, 1.82) is 0 Å². The molecule has 1 rings (SSSR count). The lowest BCUT2D eigenvalue weighted by atomic mass is 10.1. The van der Waals surface area contributed by atoms with Gasteiger partial charge in [0.1, 0.15) is 0 Å². The number of Topliss-reactive ketones (excluding diaryl/α,β-unsaturated/α-hetero) is 2. The Bertz CT molecular complexity index is 633. The second kappa shape index (κ2) is 8.81. The predicted molar refractivity (Wildman–Crippen MR) is 81.5 cm³/mol. The van der Waals surface area contributed by atoms with Crippen LogP contribution >= 0.6 is 0 Å². The van der Waals surface area contributed by atoms with Gasteiger partial charge in [-0.15, -0.1) is 0 Å². The van der Waals surface area contributed by atoms with E-state index in [-0.39, 0.29) is 11.8 Å². The molecule has 4 nitrogen and oxygen atoms in total. The number of amides is 1. The molecule has 0 radical (unpaired) electrons. The number of benzene rings is 1. The lowest BCUT2D eigenvalue weighted by Crippen LogP contribution is -2.39. The minimum Gasteiger partial charge on any atom is -0.326 e. The standard InChI is InChI=1S/C12H17NO.C4F6O2/c1-8(2)12(14)13-11-6-9(3)5-10(4)7-11;5-3(6,7)1(11)2(12)4(8,9)10/h5-8H,1-4H3,(H,13,14);. The van der Waals surface area contributed by atoms with Crippen molar-refractivity contribution in [3.8, 4) is 0 Å². The smallest absolute Gasteiger partial charge is 0.326 e. The average Bonchev–Trinajstić information content (AvgIpc) is 2.43. The summed E-state index contributed by atoms with van der Waals surface area (Å²) in [4.78, 5) is 30.7. The monoisotopic (exact) mass is 385 g/mol. The van der Waals surface area contributed by atoms with Crippen LogP contribution in [-0.4, -0.2) is 29.8 Å². The Morgan fingerprint density at radius 3 is 1.42 bits per heavy atom. The summed E-state index contributed by atoms with van der Waals surface area (Å²) in [5, 5.41) is 2.88. The first-order valence-electron chi connectivity index (χ1n) is 7.17. The number of hydrogen-bond acceptors (Lipinski definition) is 3. The predicted octanol–water partition coefficient (Wildman–Crippen LogP) is 4.15. The molecule has 0 aliphatic heterocycles. The largest absolute Gasteiger partial charge is 0.458 e. The van der Waals surface area contributed by atoms with Gasteiger partial charge in [-0.05, 0) is 37.1 Å². The first-order valence-corrected chi connectivity index (χ1v) is 7.17. The molecule has 0 saturated heterocycles. The maximum atomic E-state index is 11.4. The maximum Gasteiger partial charge on any atom is 0.458 e. The van der Waals surface area contributed by atoms with Crippen LogP contribution in [0.15, 0.2) is 18.2 Å². The van der Waals surface area contributed by atoms with E-state index in [9.17, 15) is 40.7 Å². The van der Waals surface area contributed by atoms with Crippen molar-refractivity contribution in [3.05, 3.63) is 29.3 Å². The number of carbonyl (C=O) groups excluding carboxylic acids is 3. The third-order valence-corrected chi connectivity index (χ3v) is 2.73. The quantitative estimate of drug-likeness (QED) is 0.628. The zero-order chi connectivity index (χ0) is 20.9. The van der Waals surface area contributed by atoms with Crippen LogP contribution in [0.5, 0.6) is 0 Å². The van der Waals surface area contributed by atoms with E-state index in [0.29, 0.717) is 0 Å². The fraction of sp³-hybridized carbons (Fsp3) is 0.438. The summed E-state index contributed by atoms with van der Waals surface area (Å²) in [7, 11) is 0. The highest BCUT2D eigenvalue weighted by Gasteiger charge is 2.54. The Kier molecular flexibility index (Phi) is 8.00. The van der Waals surface area contributed by atoms with E-state index < -0.39 is 23.9 Å². The van der Waals surface area contributed by atoms with Gasteiger partial charge in [0, 0.05) is 11.6 Å². The third-order valence-electron chi connectivity index (χ3n) is 2.73. The van der Waals surface area contributed by atoms with E-state index in [1.807, 2.05) is 39.8 Å². The number of anilines is 1. The Balaban J connectivity index is 0.000000488. The van der Waals surface area contributed by atoms with Gasteiger partial charge in [-0.1, -0.05) is 19.9 Å². The molecule has 0 aliphatic carbocycles. The minimum absolute atomic E-state index is 0.0239. The average molecular weight is 385 g/mol. The first kappa shape index (κ1) is 23.6. The van der Waals surface area contributed by atoms with Gasteiger partial charge in [-0.2, -0.15) is 26.3 Å². The highest BCUT2D eigenvalue weighted by Crippen LogP contribution is 2.24. The molecule has 1 N–H and O–H groups in total. The molecular formula is C16H17F6NO3. The van der Waals surface area contributed by atoms with E-state index >= 15 is 0 Å². The Hall–Kier alpha value is -2.39. The molecule has 10 heteroatoms. The number of hydrogen-bond donors (Lipinski definition) is 1. The number of alkyl halides is 6. The van der Waals surface area contributed by atoms with Gasteiger partial charge in [0.15, 0.2) is 0 Å². The molecule has 0 unspecified atom stereocenters. The van der Waals surface area contributed by atoms with Crippen LogP contribution in [0.1, 0.15) is 25.0 Å². The highest BCUT2D eigenvalue weighted by molar-refractivity contribution is 6.41. The summed E-state index contributed by atoms with van der Waals surface area (Å²) in [5.41, 5.74) is 3.23. The van der Waals surface area contributed by atoms with Crippen molar-refractivity contribution in [2.24, 2.45) is 5.92 Å². The maximum absolute atomic E-state index is 11.4. The topological polar surface area (TPSA) is 63.2 Å². The lowest BCUT2D eigenvalue weighted by molar-refractivity contribution is -0.193. The van der Waals surface area contributed by atoms with Gasteiger partial charge >= 0.3 is 23.9 Å². The molecule has 1 amide bonds. The second-order valence-electron chi connectivity index (χ2n) is 5.67. The van der Waals surface area contributed by atoms with E-state index in [0.717, 1.165) is 5.69 Å². The SMILES string of the molecule is Cc1cc(C)cc(NC(=O)C(C)C)c1.O=C(C(=O)C(F)(F)F)C(F)(F)F. The lowest BCUT2D eigenvalue weighted by Gasteiger charge is -2.09. The molecule has 1 aromatic carbocycles. The van der Waals surface area contributed by atoms with Gasteiger partial charge in [0.05, 0.1) is 0 Å². The van der Waals surface area contributed by atoms with Crippen LogP contribution in [0.4, 0.5) is 32.0 Å². The van der Waals surface area contributed by atoms with Crippen LogP contribution in [0.3, 0.4) is 0 Å². The van der Waals surface area contributed by atoms with E-state index in [1.165, 1.54) is 11.1 Å². The highest BCUT2D eigenvalue weighted by atomic mass is 19.4. The number of aryl methyl sites for hydroxylation is 2. The van der Waals surface area contributed by atoms with E-state index in [1.54, 1.807) is 0 Å². The molecule has 0 saturated carbocycles. The van der Waals surface area contributed by atoms with E-state index in [2.05, 4.69) is 11.4 Å². The van der Waals surface area contributed by atoms with Crippen molar-refractivity contribution in [1.82, 2.24) is 0 Å².